The molecule has 0 bridgehead atoms. The molecule has 0 saturated carbocycles. The molecule has 0 amide bonds. The molecule has 120 valence electrons. The number of carbonyl (C=O) groups is 2. The molecule has 10 nitrogen and oxygen atoms in total. The highest BCUT2D eigenvalue weighted by atomic mass is 16.6. The molecule has 0 aromatic carbocycles. The van der Waals surface area contributed by atoms with Crippen molar-refractivity contribution in [1.82, 2.24) is 14.5 Å². The van der Waals surface area contributed by atoms with E-state index in [0.717, 1.165) is 4.57 Å². The summed E-state index contributed by atoms with van der Waals surface area (Å²) in [5, 5.41) is 0. The summed E-state index contributed by atoms with van der Waals surface area (Å²) in [6.07, 6.45) is -0.697. The quantitative estimate of drug-likeness (QED) is 0.694. The Morgan fingerprint density at radius 1 is 1.45 bits per heavy atom. The van der Waals surface area contributed by atoms with Crippen LogP contribution in [0.1, 0.15) is 26.5 Å². The summed E-state index contributed by atoms with van der Waals surface area (Å²) in [4.78, 5) is 41.1. The van der Waals surface area contributed by atoms with E-state index in [-0.39, 0.29) is 19.0 Å². The fourth-order valence-corrected chi connectivity index (χ4v) is 2.13. The smallest absolute Gasteiger partial charge is 0.354 e. The maximum Gasteiger partial charge on any atom is 0.354 e. The van der Waals surface area contributed by atoms with E-state index < -0.39 is 36.1 Å². The van der Waals surface area contributed by atoms with Gasteiger partial charge in [-0.3, -0.25) is 14.2 Å². The first kappa shape index (κ1) is 15.9. The van der Waals surface area contributed by atoms with Gasteiger partial charge in [-0.25, -0.2) is 9.78 Å². The third-order valence-electron chi connectivity index (χ3n) is 2.95. The summed E-state index contributed by atoms with van der Waals surface area (Å²) in [5.41, 5.74) is 4.65. The topological polar surface area (TPSA) is 136 Å². The van der Waals surface area contributed by atoms with Gasteiger partial charge >= 0.3 is 17.6 Å². The Hall–Kier alpha value is -2.49. The van der Waals surface area contributed by atoms with Crippen molar-refractivity contribution in [2.45, 2.75) is 38.7 Å². The van der Waals surface area contributed by atoms with Gasteiger partial charge < -0.3 is 19.9 Å². The minimum atomic E-state index is -0.905. The number of esters is 2. The molecule has 3 atom stereocenters. The van der Waals surface area contributed by atoms with Gasteiger partial charge in [0, 0.05) is 20.3 Å². The number of nitrogens with zero attached hydrogens (tertiary/aromatic N) is 3. The van der Waals surface area contributed by atoms with Crippen LogP contribution >= 0.6 is 0 Å². The van der Waals surface area contributed by atoms with Gasteiger partial charge in [0.25, 0.3) is 0 Å². The molecule has 2 rings (SSSR count). The first-order chi connectivity index (χ1) is 10.4. The maximum atomic E-state index is 11.9. The lowest BCUT2D eigenvalue weighted by atomic mass is 10.2. The van der Waals surface area contributed by atoms with Crippen LogP contribution in [0.15, 0.2) is 11.1 Å². The number of anilines is 1. The lowest BCUT2D eigenvalue weighted by molar-refractivity contribution is -0.153. The molecule has 1 aromatic rings. The van der Waals surface area contributed by atoms with E-state index in [1.54, 1.807) is 0 Å². The summed E-state index contributed by atoms with van der Waals surface area (Å²) in [7, 11) is 0. The molecule has 22 heavy (non-hydrogen) atoms. The second kappa shape index (κ2) is 6.52. The molecule has 1 aliphatic rings. The molecular weight excluding hydrogens is 296 g/mol. The van der Waals surface area contributed by atoms with Gasteiger partial charge in [-0.05, 0) is 0 Å². The summed E-state index contributed by atoms with van der Waals surface area (Å²) in [6.45, 7) is 2.52. The number of nitrogen functional groups attached to an aromatic ring is 1. The molecule has 2 N–H and O–H groups in total. The van der Waals surface area contributed by atoms with Crippen molar-refractivity contribution < 1.29 is 23.8 Å². The molecule has 1 saturated heterocycles. The predicted octanol–water partition coefficient (Wildman–Crippen LogP) is -0.997. The molecular formula is C12H16N4O6. The number of hydrogen-bond acceptors (Lipinski definition) is 9. The first-order valence-electron chi connectivity index (χ1n) is 6.53. The molecule has 2 unspecified atom stereocenters. The van der Waals surface area contributed by atoms with Crippen LogP contribution in [-0.2, 0) is 23.8 Å². The van der Waals surface area contributed by atoms with Crippen molar-refractivity contribution in [3.05, 3.63) is 16.8 Å². The molecule has 1 aliphatic heterocycles. The van der Waals surface area contributed by atoms with Crippen LogP contribution in [0.5, 0.6) is 0 Å². The normalized spacial score (nSPS) is 24.0. The Labute approximate surface area is 125 Å². The molecule has 1 aromatic heterocycles. The van der Waals surface area contributed by atoms with Crippen LogP contribution in [-0.4, -0.2) is 45.3 Å². The Balaban J connectivity index is 2.19. The molecule has 2 heterocycles. The third kappa shape index (κ3) is 3.79. The zero-order chi connectivity index (χ0) is 16.3. The summed E-state index contributed by atoms with van der Waals surface area (Å²) < 4.78 is 16.7. The predicted molar refractivity (Wildman–Crippen MR) is 71.4 cm³/mol. The van der Waals surface area contributed by atoms with Gasteiger partial charge in [0.2, 0.25) is 5.95 Å². The summed E-state index contributed by atoms with van der Waals surface area (Å²) in [5.74, 6) is -1.14. The average Bonchev–Trinajstić information content (AvgIpc) is 2.78. The van der Waals surface area contributed by atoms with E-state index in [0.29, 0.717) is 0 Å². The number of ether oxygens (including phenoxy) is 3. The number of carbonyl (C=O) groups excluding carboxylic acids is 2. The van der Waals surface area contributed by atoms with Gasteiger partial charge in [0.05, 0.1) is 6.10 Å². The minimum Gasteiger partial charge on any atom is -0.463 e. The third-order valence-corrected chi connectivity index (χ3v) is 2.95. The standard InChI is InChI=1S/C12H16N4O6/c1-6(17)20-4-8-3-9(21-7(2)18)10(22-8)16-5-14-11(13)15-12(16)19/h5,8-10H,3-4H2,1-2H3,(H2,13,15,19)/t8?,9-,10?/m0/s1. The van der Waals surface area contributed by atoms with Crippen molar-refractivity contribution in [3.8, 4) is 0 Å². The summed E-state index contributed by atoms with van der Waals surface area (Å²) in [6, 6.07) is 0. The number of nitrogens with two attached hydrogens (primary N) is 1. The lowest BCUT2D eigenvalue weighted by Crippen LogP contribution is -2.34. The van der Waals surface area contributed by atoms with Crippen LogP contribution < -0.4 is 11.4 Å². The Morgan fingerprint density at radius 2 is 2.18 bits per heavy atom. The zero-order valence-electron chi connectivity index (χ0n) is 12.1. The van der Waals surface area contributed by atoms with Crippen molar-refractivity contribution >= 4 is 17.9 Å². The van der Waals surface area contributed by atoms with Crippen LogP contribution in [0.25, 0.3) is 0 Å². The maximum absolute atomic E-state index is 11.9. The fourth-order valence-electron chi connectivity index (χ4n) is 2.13. The average molecular weight is 312 g/mol. The number of rotatable bonds is 4. The molecule has 0 spiro atoms. The number of aromatic nitrogens is 3. The van der Waals surface area contributed by atoms with Crippen molar-refractivity contribution in [2.24, 2.45) is 0 Å². The highest BCUT2D eigenvalue weighted by molar-refractivity contribution is 5.66. The van der Waals surface area contributed by atoms with Gasteiger partial charge in [0.1, 0.15) is 19.0 Å². The Morgan fingerprint density at radius 3 is 2.77 bits per heavy atom. The first-order valence-corrected chi connectivity index (χ1v) is 6.53. The molecule has 10 heteroatoms. The highest BCUT2D eigenvalue weighted by Crippen LogP contribution is 2.30. The van der Waals surface area contributed by atoms with Crippen LogP contribution in [0, 0.1) is 0 Å². The Kier molecular flexibility index (Phi) is 4.71. The highest BCUT2D eigenvalue weighted by Gasteiger charge is 2.40. The van der Waals surface area contributed by atoms with Gasteiger partial charge in [-0.2, -0.15) is 4.98 Å². The van der Waals surface area contributed by atoms with E-state index in [2.05, 4.69) is 9.97 Å². The second-order valence-corrected chi connectivity index (χ2v) is 4.74. The van der Waals surface area contributed by atoms with Gasteiger partial charge in [-0.1, -0.05) is 0 Å². The second-order valence-electron chi connectivity index (χ2n) is 4.74. The molecule has 0 radical (unpaired) electrons. The van der Waals surface area contributed by atoms with E-state index in [9.17, 15) is 14.4 Å². The minimum absolute atomic E-state index is 0.00578. The Bertz CT molecular complexity index is 630. The van der Waals surface area contributed by atoms with E-state index in [4.69, 9.17) is 19.9 Å². The lowest BCUT2D eigenvalue weighted by Gasteiger charge is -2.19. The van der Waals surface area contributed by atoms with E-state index in [1.807, 2.05) is 0 Å². The van der Waals surface area contributed by atoms with E-state index >= 15 is 0 Å². The monoisotopic (exact) mass is 312 g/mol. The van der Waals surface area contributed by atoms with Crippen LogP contribution in [0.2, 0.25) is 0 Å². The fraction of sp³-hybridized carbons (Fsp3) is 0.583. The van der Waals surface area contributed by atoms with Crippen molar-refractivity contribution in [3.63, 3.8) is 0 Å². The zero-order valence-corrected chi connectivity index (χ0v) is 12.1. The molecule has 0 aliphatic carbocycles. The largest absolute Gasteiger partial charge is 0.463 e. The SMILES string of the molecule is CC(=O)OCC1C[C@H](OC(C)=O)C(n2cnc(N)nc2=O)O1. The van der Waals surface area contributed by atoms with Crippen LogP contribution in [0.3, 0.4) is 0 Å². The van der Waals surface area contributed by atoms with Gasteiger partial charge in [0.15, 0.2) is 6.23 Å². The van der Waals surface area contributed by atoms with Crippen molar-refractivity contribution in [2.75, 3.05) is 12.3 Å². The van der Waals surface area contributed by atoms with Crippen LogP contribution in [0.4, 0.5) is 5.95 Å². The molecule has 1 fully saturated rings. The van der Waals surface area contributed by atoms with E-state index in [1.165, 1.54) is 20.2 Å². The number of hydrogen-bond donors (Lipinski definition) is 1. The van der Waals surface area contributed by atoms with Crippen molar-refractivity contribution in [1.29, 1.82) is 0 Å². The summed E-state index contributed by atoms with van der Waals surface area (Å²) >= 11 is 0. The van der Waals surface area contributed by atoms with Gasteiger partial charge in [-0.15, -0.1) is 0 Å².